The first-order valence-electron chi connectivity index (χ1n) is 15.6. The van der Waals surface area contributed by atoms with Gasteiger partial charge < -0.3 is 24.8 Å². The number of halogens is 3. The molecule has 1 aromatic carbocycles. The summed E-state index contributed by atoms with van der Waals surface area (Å²) in [6.07, 6.45) is 5.58. The minimum Gasteiger partial charge on any atom is -0.396 e. The topological polar surface area (TPSA) is 71.0 Å². The van der Waals surface area contributed by atoms with E-state index in [0.29, 0.717) is 24.9 Å². The molecule has 4 atom stereocenters. The van der Waals surface area contributed by atoms with Gasteiger partial charge in [0.25, 0.3) is 0 Å². The molecule has 6 nitrogen and oxygen atoms in total. The van der Waals surface area contributed by atoms with Crippen molar-refractivity contribution in [2.75, 3.05) is 13.2 Å². The van der Waals surface area contributed by atoms with E-state index >= 15 is 4.39 Å². The van der Waals surface area contributed by atoms with Crippen LogP contribution in [0.4, 0.5) is 13.2 Å². The van der Waals surface area contributed by atoms with Crippen molar-refractivity contribution < 1.29 is 32.5 Å². The van der Waals surface area contributed by atoms with Crippen molar-refractivity contribution in [1.29, 1.82) is 0 Å². The summed E-state index contributed by atoms with van der Waals surface area (Å²) in [5, 5.41) is 12.9. The first-order chi connectivity index (χ1) is 20.2. The minimum atomic E-state index is -3.74. The van der Waals surface area contributed by atoms with E-state index in [1.807, 2.05) is 0 Å². The highest BCUT2D eigenvalue weighted by Crippen LogP contribution is 2.54. The summed E-state index contributed by atoms with van der Waals surface area (Å²) >= 11 is 0. The highest BCUT2D eigenvalue weighted by atomic mass is 19.3. The molecule has 2 heterocycles. The van der Waals surface area contributed by atoms with Crippen LogP contribution in [0.2, 0.25) is 0 Å². The Labute approximate surface area is 252 Å². The van der Waals surface area contributed by atoms with E-state index in [0.717, 1.165) is 42.4 Å². The van der Waals surface area contributed by atoms with Gasteiger partial charge in [-0.3, -0.25) is 4.79 Å². The Morgan fingerprint density at radius 2 is 1.91 bits per heavy atom. The number of nitrogens with zero attached hydrogens (tertiary/aromatic N) is 1. The average Bonchev–Trinajstić information content (AvgIpc) is 3.84. The van der Waals surface area contributed by atoms with Crippen LogP contribution in [0.3, 0.4) is 0 Å². The van der Waals surface area contributed by atoms with E-state index in [1.54, 1.807) is 12.1 Å². The van der Waals surface area contributed by atoms with E-state index < -0.39 is 23.1 Å². The summed E-state index contributed by atoms with van der Waals surface area (Å²) in [6.45, 7) is 11.6. The molecule has 0 spiro atoms. The van der Waals surface area contributed by atoms with E-state index in [-0.39, 0.29) is 47.5 Å². The number of carbonyl (C=O) groups is 1. The fraction of sp³-hybridized carbons (Fsp3) is 0.618. The first kappa shape index (κ1) is 30.1. The molecule has 1 aromatic rings. The van der Waals surface area contributed by atoms with Gasteiger partial charge in [0, 0.05) is 30.7 Å². The van der Waals surface area contributed by atoms with Crippen molar-refractivity contribution in [2.45, 2.75) is 96.8 Å². The molecule has 2 N–H and O–H groups in total. The zero-order valence-corrected chi connectivity index (χ0v) is 25.7. The molecule has 2 fully saturated rings. The molecule has 6 rings (SSSR count). The molecular weight excluding hydrogens is 557 g/mol. The van der Waals surface area contributed by atoms with Crippen molar-refractivity contribution in [3.05, 3.63) is 58.7 Å². The fourth-order valence-electron chi connectivity index (χ4n) is 7.10. The van der Waals surface area contributed by atoms with Gasteiger partial charge in [-0.1, -0.05) is 33.8 Å². The van der Waals surface area contributed by atoms with Gasteiger partial charge in [0.1, 0.15) is 5.83 Å². The summed E-state index contributed by atoms with van der Waals surface area (Å²) in [5.41, 5.74) is 1.05. The van der Waals surface area contributed by atoms with Crippen LogP contribution in [-0.4, -0.2) is 40.9 Å². The number of alkyl halides is 2. The molecule has 9 heteroatoms. The Morgan fingerprint density at radius 1 is 1.21 bits per heavy atom. The van der Waals surface area contributed by atoms with Gasteiger partial charge in [-0.2, -0.15) is 0 Å². The number of hydrogen-bond acceptors (Lipinski definition) is 5. The standard InChI is InChI=1S/C34H43F3N2O4/c1-6-21(19-40)18-39-29(31(3,4)10-9-22-13-20(22)2)16-24-14-26(25(35)17-32(24,39)5)38-30(41)33(11-12-33)23-7-8-27-28(15-23)43-34(36,37)42-27/h7-8,14-16,20-22,40H,6,9-13,17-19H2,1-5H3,(H,38,41)/t20-,21-,22+,32+/m1/s1. The molecule has 5 aliphatic rings. The molecular formula is C34H43F3N2O4. The SMILES string of the molecule is CC[C@@H](CO)CN1C(C(C)(C)CC[C@H]2C[C@H]2C)=CC2=CC(NC(=O)C3(c4ccc5c(c4)OC(F)(F)O5)CC3)=C(F)C[C@@]21C. The van der Waals surface area contributed by atoms with Gasteiger partial charge in [-0.05, 0) is 98.6 Å². The third-order valence-corrected chi connectivity index (χ3v) is 10.7. The number of aliphatic hydroxyl groups is 1. The third-order valence-electron chi connectivity index (χ3n) is 10.7. The number of carbonyl (C=O) groups excluding carboxylic acids is 1. The van der Waals surface area contributed by atoms with Crippen molar-refractivity contribution in [1.82, 2.24) is 10.2 Å². The van der Waals surface area contributed by atoms with E-state index in [4.69, 9.17) is 0 Å². The highest BCUT2D eigenvalue weighted by Gasteiger charge is 2.54. The Kier molecular flexibility index (Phi) is 7.22. The van der Waals surface area contributed by atoms with Crippen LogP contribution in [0.1, 0.15) is 85.1 Å². The summed E-state index contributed by atoms with van der Waals surface area (Å²) in [6, 6.07) is 4.40. The maximum absolute atomic E-state index is 16.0. The summed E-state index contributed by atoms with van der Waals surface area (Å²) in [7, 11) is 0. The number of nitrogens with one attached hydrogen (secondary N) is 1. The molecule has 2 aliphatic heterocycles. The number of hydrogen-bond donors (Lipinski definition) is 2. The second kappa shape index (κ2) is 10.3. The summed E-state index contributed by atoms with van der Waals surface area (Å²) in [5.74, 6) is 0.648. The van der Waals surface area contributed by atoms with Crippen molar-refractivity contribution >= 4 is 5.91 Å². The number of ether oxygens (including phenoxy) is 2. The predicted molar refractivity (Wildman–Crippen MR) is 157 cm³/mol. The highest BCUT2D eigenvalue weighted by molar-refractivity contribution is 5.93. The molecule has 234 valence electrons. The number of amides is 1. The van der Waals surface area contributed by atoms with Crippen LogP contribution < -0.4 is 14.8 Å². The Morgan fingerprint density at radius 3 is 2.53 bits per heavy atom. The zero-order valence-electron chi connectivity index (χ0n) is 25.7. The van der Waals surface area contributed by atoms with E-state index in [1.165, 1.54) is 18.6 Å². The quantitative estimate of drug-likeness (QED) is 0.283. The van der Waals surface area contributed by atoms with Crippen molar-refractivity contribution in [3.63, 3.8) is 0 Å². The lowest BCUT2D eigenvalue weighted by molar-refractivity contribution is -0.286. The predicted octanol–water partition coefficient (Wildman–Crippen LogP) is 7.11. The lowest BCUT2D eigenvalue weighted by Gasteiger charge is -2.46. The number of benzene rings is 1. The molecule has 43 heavy (non-hydrogen) atoms. The van der Waals surface area contributed by atoms with Crippen molar-refractivity contribution in [2.24, 2.45) is 23.2 Å². The molecule has 0 radical (unpaired) electrons. The lowest BCUT2D eigenvalue weighted by atomic mass is 9.81. The zero-order chi connectivity index (χ0) is 30.9. The molecule has 1 amide bonds. The summed E-state index contributed by atoms with van der Waals surface area (Å²) < 4.78 is 52.2. The van der Waals surface area contributed by atoms with Crippen LogP contribution in [0, 0.1) is 23.2 Å². The average molecular weight is 601 g/mol. The molecule has 0 unspecified atom stereocenters. The van der Waals surface area contributed by atoms with Gasteiger partial charge in [-0.25, -0.2) is 4.39 Å². The van der Waals surface area contributed by atoms with Crippen LogP contribution >= 0.6 is 0 Å². The number of fused-ring (bicyclic) bond motifs is 2. The van der Waals surface area contributed by atoms with Crippen LogP contribution in [0.15, 0.2) is 53.1 Å². The summed E-state index contributed by atoms with van der Waals surface area (Å²) in [4.78, 5) is 15.9. The molecule has 0 bridgehead atoms. The second-order valence-electron chi connectivity index (χ2n) is 14.2. The monoisotopic (exact) mass is 600 g/mol. The fourth-order valence-corrected chi connectivity index (χ4v) is 7.10. The number of aliphatic hydroxyl groups excluding tert-OH is 1. The van der Waals surface area contributed by atoms with Crippen LogP contribution in [-0.2, 0) is 10.2 Å². The molecule has 0 aromatic heterocycles. The van der Waals surface area contributed by atoms with Gasteiger partial charge in [0.15, 0.2) is 11.5 Å². The van der Waals surface area contributed by atoms with E-state index in [2.05, 4.69) is 60.4 Å². The van der Waals surface area contributed by atoms with Crippen LogP contribution in [0.5, 0.6) is 11.5 Å². The van der Waals surface area contributed by atoms with Gasteiger partial charge in [-0.15, -0.1) is 8.78 Å². The second-order valence-corrected chi connectivity index (χ2v) is 14.2. The van der Waals surface area contributed by atoms with Gasteiger partial charge >= 0.3 is 6.29 Å². The van der Waals surface area contributed by atoms with Crippen molar-refractivity contribution in [3.8, 4) is 11.5 Å². The minimum absolute atomic E-state index is 0.0587. The Bertz CT molecular complexity index is 1410. The number of rotatable bonds is 11. The Hall–Kier alpha value is -2.94. The Balaban J connectivity index is 1.26. The van der Waals surface area contributed by atoms with Crippen LogP contribution in [0.25, 0.3) is 0 Å². The van der Waals surface area contributed by atoms with Gasteiger partial charge in [0.05, 0.1) is 16.7 Å². The maximum atomic E-state index is 16.0. The van der Waals surface area contributed by atoms with E-state index in [9.17, 15) is 18.7 Å². The first-order valence-corrected chi connectivity index (χ1v) is 15.6. The molecule has 0 saturated heterocycles. The number of allylic oxidation sites excluding steroid dienone is 2. The maximum Gasteiger partial charge on any atom is 0.586 e. The largest absolute Gasteiger partial charge is 0.586 e. The molecule has 2 saturated carbocycles. The van der Waals surface area contributed by atoms with Gasteiger partial charge in [0.2, 0.25) is 5.91 Å². The normalized spacial score (nSPS) is 28.7. The molecule has 3 aliphatic carbocycles. The lowest BCUT2D eigenvalue weighted by Crippen LogP contribution is -2.49. The third kappa shape index (κ3) is 5.36. The smallest absolute Gasteiger partial charge is 0.396 e.